The molecular weight excluding hydrogens is 260 g/mol. The first-order valence-corrected chi connectivity index (χ1v) is 8.37. The van der Waals surface area contributed by atoms with Gasteiger partial charge in [0.25, 0.3) is 0 Å². The Morgan fingerprint density at radius 1 is 1.29 bits per heavy atom. The summed E-state index contributed by atoms with van der Waals surface area (Å²) in [6, 6.07) is 9.33. The van der Waals surface area contributed by atoms with E-state index in [1.807, 2.05) is 0 Å². The second-order valence-electron chi connectivity index (χ2n) is 6.86. The molecule has 1 atom stereocenters. The molecule has 1 aromatic carbocycles. The molecule has 1 unspecified atom stereocenters. The van der Waals surface area contributed by atoms with E-state index in [0.29, 0.717) is 12.0 Å². The summed E-state index contributed by atoms with van der Waals surface area (Å²) < 4.78 is 0. The molecule has 0 heterocycles. The van der Waals surface area contributed by atoms with Gasteiger partial charge in [-0.15, -0.1) is 0 Å². The molecule has 2 aliphatic carbocycles. The van der Waals surface area contributed by atoms with Crippen LogP contribution >= 0.6 is 0 Å². The maximum atomic E-state index is 10.1. The highest BCUT2D eigenvalue weighted by Gasteiger charge is 2.48. The predicted molar refractivity (Wildman–Crippen MR) is 87.8 cm³/mol. The number of rotatable bonds is 8. The third kappa shape index (κ3) is 3.41. The number of aliphatic hydroxyl groups excluding tert-OH is 1. The van der Waals surface area contributed by atoms with E-state index in [-0.39, 0.29) is 12.1 Å². The van der Waals surface area contributed by atoms with E-state index in [2.05, 4.69) is 48.3 Å². The third-order valence-electron chi connectivity index (χ3n) is 4.93. The van der Waals surface area contributed by atoms with E-state index in [1.165, 1.54) is 36.9 Å². The van der Waals surface area contributed by atoms with Crippen LogP contribution in [0, 0.1) is 12.8 Å². The van der Waals surface area contributed by atoms with Crippen molar-refractivity contribution in [1.82, 2.24) is 5.32 Å². The second kappa shape index (κ2) is 5.98. The average Bonchev–Trinajstić information content (AvgIpc) is 3.37. The Morgan fingerprint density at radius 3 is 2.57 bits per heavy atom. The molecule has 2 saturated carbocycles. The number of hydrogen-bond donors (Lipinski definition) is 2. The topological polar surface area (TPSA) is 35.5 Å². The van der Waals surface area contributed by atoms with Crippen molar-refractivity contribution in [1.29, 1.82) is 0 Å². The molecule has 0 radical (unpaired) electrons. The lowest BCUT2D eigenvalue weighted by molar-refractivity contribution is 0.142. The van der Waals surface area contributed by atoms with Gasteiger partial charge >= 0.3 is 0 Å². The minimum absolute atomic E-state index is 0.110. The summed E-state index contributed by atoms with van der Waals surface area (Å²) in [6.45, 7) is 6.47. The van der Waals surface area contributed by atoms with E-state index < -0.39 is 0 Å². The summed E-state index contributed by atoms with van der Waals surface area (Å²) in [4.78, 5) is 2.41. The molecule has 2 N–H and O–H groups in total. The van der Waals surface area contributed by atoms with Crippen LogP contribution in [-0.2, 0) is 0 Å². The number of benzene rings is 1. The lowest BCUT2D eigenvalue weighted by Gasteiger charge is -2.39. The van der Waals surface area contributed by atoms with Crippen molar-refractivity contribution in [2.45, 2.75) is 51.1 Å². The van der Waals surface area contributed by atoms with Crippen LogP contribution in [0.15, 0.2) is 24.3 Å². The lowest BCUT2D eigenvalue weighted by atomic mass is 9.92. The summed E-state index contributed by atoms with van der Waals surface area (Å²) in [7, 11) is 0. The Labute approximate surface area is 128 Å². The summed E-state index contributed by atoms with van der Waals surface area (Å²) in [6.07, 6.45) is 5.05. The number of aryl methyl sites for hydroxylation is 1. The van der Waals surface area contributed by atoms with Crippen molar-refractivity contribution in [2.75, 3.05) is 24.6 Å². The molecule has 3 nitrogen and oxygen atoms in total. The molecule has 0 saturated heterocycles. The zero-order chi connectivity index (χ0) is 14.9. The second-order valence-corrected chi connectivity index (χ2v) is 6.86. The van der Waals surface area contributed by atoms with Crippen LogP contribution in [0.1, 0.15) is 38.2 Å². The zero-order valence-electron chi connectivity index (χ0n) is 13.3. The molecule has 0 amide bonds. The number of hydrogen-bond acceptors (Lipinski definition) is 3. The maximum absolute atomic E-state index is 10.1. The Bertz CT molecular complexity index is 482. The standard InChI is InChI=1S/C18H28N2O/c1-3-20(17-6-4-5-14(2)11-17)12-18(13-21,15-7-8-15)19-16-9-10-16/h4-6,11,15-16,19,21H,3,7-10,12-13H2,1-2H3. The molecule has 3 heteroatoms. The number of likely N-dealkylation sites (N-methyl/N-ethyl adjacent to an activating group) is 1. The molecule has 2 fully saturated rings. The lowest BCUT2D eigenvalue weighted by Crippen LogP contribution is -2.59. The van der Waals surface area contributed by atoms with Crippen LogP contribution in [0.5, 0.6) is 0 Å². The predicted octanol–water partition coefficient (Wildman–Crippen LogP) is 2.71. The van der Waals surface area contributed by atoms with E-state index in [0.717, 1.165) is 13.1 Å². The van der Waals surface area contributed by atoms with Gasteiger partial charge in [0.05, 0.1) is 12.1 Å². The Balaban J connectivity index is 1.78. The number of nitrogens with one attached hydrogen (secondary N) is 1. The fourth-order valence-electron chi connectivity index (χ4n) is 3.34. The van der Waals surface area contributed by atoms with Gasteiger partial charge in [-0.3, -0.25) is 0 Å². The maximum Gasteiger partial charge on any atom is 0.0633 e. The number of nitrogens with zero attached hydrogens (tertiary/aromatic N) is 1. The first kappa shape index (κ1) is 14.9. The van der Waals surface area contributed by atoms with E-state index >= 15 is 0 Å². The van der Waals surface area contributed by atoms with Crippen LogP contribution < -0.4 is 10.2 Å². The highest BCUT2D eigenvalue weighted by molar-refractivity contribution is 5.49. The van der Waals surface area contributed by atoms with Gasteiger partial charge in [-0.1, -0.05) is 12.1 Å². The molecular formula is C18H28N2O. The highest BCUT2D eigenvalue weighted by atomic mass is 16.3. The van der Waals surface area contributed by atoms with Crippen molar-refractivity contribution < 1.29 is 5.11 Å². The van der Waals surface area contributed by atoms with E-state index in [1.54, 1.807) is 0 Å². The van der Waals surface area contributed by atoms with Crippen molar-refractivity contribution in [2.24, 2.45) is 5.92 Å². The summed E-state index contributed by atoms with van der Waals surface area (Å²) in [5, 5.41) is 13.9. The Hall–Kier alpha value is -1.06. The molecule has 0 aliphatic heterocycles. The third-order valence-corrected chi connectivity index (χ3v) is 4.93. The van der Waals surface area contributed by atoms with Gasteiger partial charge in [-0.2, -0.15) is 0 Å². The Morgan fingerprint density at radius 2 is 2.05 bits per heavy atom. The monoisotopic (exact) mass is 288 g/mol. The van der Waals surface area contributed by atoms with Gasteiger partial charge in [-0.25, -0.2) is 0 Å². The fourth-order valence-corrected chi connectivity index (χ4v) is 3.34. The van der Waals surface area contributed by atoms with Gasteiger partial charge in [0, 0.05) is 24.8 Å². The van der Waals surface area contributed by atoms with Crippen molar-refractivity contribution in [3.05, 3.63) is 29.8 Å². The van der Waals surface area contributed by atoms with E-state index in [4.69, 9.17) is 0 Å². The van der Waals surface area contributed by atoms with Gasteiger partial charge in [-0.05, 0) is 63.1 Å². The molecule has 1 aromatic rings. The summed E-state index contributed by atoms with van der Waals surface area (Å²) in [5.41, 5.74) is 2.46. The normalized spacial score (nSPS) is 21.1. The largest absolute Gasteiger partial charge is 0.394 e. The van der Waals surface area contributed by atoms with Crippen LogP contribution in [0.4, 0.5) is 5.69 Å². The fraction of sp³-hybridized carbons (Fsp3) is 0.667. The first-order chi connectivity index (χ1) is 10.2. The van der Waals surface area contributed by atoms with Crippen LogP contribution in [0.25, 0.3) is 0 Å². The smallest absolute Gasteiger partial charge is 0.0633 e. The minimum Gasteiger partial charge on any atom is -0.394 e. The molecule has 0 aromatic heterocycles. The summed E-state index contributed by atoms with van der Waals surface area (Å²) >= 11 is 0. The summed E-state index contributed by atoms with van der Waals surface area (Å²) in [5.74, 6) is 0.641. The zero-order valence-corrected chi connectivity index (χ0v) is 13.3. The molecule has 21 heavy (non-hydrogen) atoms. The first-order valence-electron chi connectivity index (χ1n) is 8.37. The number of aliphatic hydroxyl groups is 1. The number of anilines is 1. The van der Waals surface area contributed by atoms with Crippen molar-refractivity contribution >= 4 is 5.69 Å². The molecule has 116 valence electrons. The average molecular weight is 288 g/mol. The molecule has 0 bridgehead atoms. The molecule has 0 spiro atoms. The van der Waals surface area contributed by atoms with Crippen LogP contribution in [-0.4, -0.2) is 36.4 Å². The highest BCUT2D eigenvalue weighted by Crippen LogP contribution is 2.42. The minimum atomic E-state index is -0.110. The van der Waals surface area contributed by atoms with Crippen LogP contribution in [0.3, 0.4) is 0 Å². The molecule has 2 aliphatic rings. The van der Waals surface area contributed by atoms with Gasteiger partial charge in [0.1, 0.15) is 0 Å². The molecule has 3 rings (SSSR count). The van der Waals surface area contributed by atoms with E-state index in [9.17, 15) is 5.11 Å². The van der Waals surface area contributed by atoms with Crippen molar-refractivity contribution in [3.8, 4) is 0 Å². The van der Waals surface area contributed by atoms with Gasteiger partial charge in [0.2, 0.25) is 0 Å². The SMILES string of the molecule is CCN(CC(CO)(NC1CC1)C1CC1)c1cccc(C)c1. The van der Waals surface area contributed by atoms with Gasteiger partial charge < -0.3 is 15.3 Å². The van der Waals surface area contributed by atoms with Gasteiger partial charge in [0.15, 0.2) is 0 Å². The quantitative estimate of drug-likeness (QED) is 0.772. The van der Waals surface area contributed by atoms with Crippen LogP contribution in [0.2, 0.25) is 0 Å². The van der Waals surface area contributed by atoms with Crippen molar-refractivity contribution in [3.63, 3.8) is 0 Å². The Kier molecular flexibility index (Phi) is 4.23.